The van der Waals surface area contributed by atoms with Gasteiger partial charge in [-0.3, -0.25) is 14.2 Å². The molecule has 8 heteroatoms. The molecule has 0 unspecified atom stereocenters. The van der Waals surface area contributed by atoms with Crippen LogP contribution in [-0.4, -0.2) is 35.1 Å². The van der Waals surface area contributed by atoms with Crippen molar-refractivity contribution in [3.63, 3.8) is 0 Å². The zero-order valence-electron chi connectivity index (χ0n) is 16.6. The van der Waals surface area contributed by atoms with Crippen molar-refractivity contribution in [1.82, 2.24) is 9.55 Å². The molecule has 0 saturated carbocycles. The first kappa shape index (κ1) is 20.8. The first-order chi connectivity index (χ1) is 14.5. The lowest BCUT2D eigenvalue weighted by molar-refractivity contribution is -0.116. The van der Waals surface area contributed by atoms with Crippen molar-refractivity contribution in [3.8, 4) is 17.0 Å². The van der Waals surface area contributed by atoms with Gasteiger partial charge in [-0.25, -0.2) is 9.78 Å². The van der Waals surface area contributed by atoms with E-state index in [1.165, 1.54) is 17.0 Å². The molecule has 3 rings (SSSR count). The average Bonchev–Trinajstić information content (AvgIpc) is 2.75. The van der Waals surface area contributed by atoms with Crippen molar-refractivity contribution in [2.24, 2.45) is 0 Å². The predicted molar refractivity (Wildman–Crippen MR) is 112 cm³/mol. The molecule has 3 aromatic rings. The number of methoxy groups -OCH3 is 1. The highest BCUT2D eigenvalue weighted by Crippen LogP contribution is 2.26. The van der Waals surface area contributed by atoms with Gasteiger partial charge in [-0.2, -0.15) is 0 Å². The molecule has 2 aromatic carbocycles. The molecule has 1 aromatic heterocycles. The van der Waals surface area contributed by atoms with Gasteiger partial charge in [0.15, 0.2) is 0 Å². The van der Waals surface area contributed by atoms with E-state index in [4.69, 9.17) is 9.47 Å². The molecule has 0 radical (unpaired) electrons. The number of aromatic nitrogens is 2. The average molecular weight is 407 g/mol. The minimum absolute atomic E-state index is 0.223. The molecule has 0 bridgehead atoms. The van der Waals surface area contributed by atoms with E-state index in [-0.39, 0.29) is 24.3 Å². The third-order valence-corrected chi connectivity index (χ3v) is 4.27. The van der Waals surface area contributed by atoms with Crippen LogP contribution in [0.2, 0.25) is 0 Å². The Morgan fingerprint density at radius 1 is 1.10 bits per heavy atom. The van der Waals surface area contributed by atoms with E-state index in [9.17, 15) is 14.4 Å². The summed E-state index contributed by atoms with van der Waals surface area (Å²) in [5.74, 6) is -0.412. The van der Waals surface area contributed by atoms with Crippen LogP contribution >= 0.6 is 0 Å². The van der Waals surface area contributed by atoms with E-state index >= 15 is 0 Å². The summed E-state index contributed by atoms with van der Waals surface area (Å²) in [6, 6.07) is 15.1. The second kappa shape index (κ2) is 9.51. The van der Waals surface area contributed by atoms with Gasteiger partial charge >= 0.3 is 5.97 Å². The summed E-state index contributed by atoms with van der Waals surface area (Å²) in [6.45, 7) is 1.67. The maximum absolute atomic E-state index is 12.5. The number of hydrogen-bond acceptors (Lipinski definition) is 6. The van der Waals surface area contributed by atoms with Crippen LogP contribution in [0, 0.1) is 0 Å². The number of ether oxygens (including phenoxy) is 2. The van der Waals surface area contributed by atoms with E-state index in [1.807, 2.05) is 12.1 Å². The second-order valence-electron chi connectivity index (χ2n) is 6.25. The zero-order chi connectivity index (χ0) is 21.5. The summed E-state index contributed by atoms with van der Waals surface area (Å²) in [5.41, 5.74) is 1.29. The minimum Gasteiger partial charge on any atom is -0.496 e. The summed E-state index contributed by atoms with van der Waals surface area (Å²) in [7, 11) is 1.54. The summed E-state index contributed by atoms with van der Waals surface area (Å²) < 4.78 is 11.5. The van der Waals surface area contributed by atoms with Gasteiger partial charge in [0.2, 0.25) is 5.91 Å². The topological polar surface area (TPSA) is 99.5 Å². The number of carbonyl (C=O) groups excluding carboxylic acids is 2. The maximum Gasteiger partial charge on any atom is 0.340 e. The third kappa shape index (κ3) is 4.72. The Morgan fingerprint density at radius 3 is 2.57 bits per heavy atom. The Labute approximate surface area is 173 Å². The van der Waals surface area contributed by atoms with Crippen molar-refractivity contribution in [1.29, 1.82) is 0 Å². The van der Waals surface area contributed by atoms with E-state index in [0.717, 1.165) is 0 Å². The van der Waals surface area contributed by atoms with Gasteiger partial charge in [-0.1, -0.05) is 24.3 Å². The molecular weight excluding hydrogens is 386 g/mol. The molecule has 0 spiro atoms. The largest absolute Gasteiger partial charge is 0.496 e. The Bertz CT molecular complexity index is 1120. The Hall–Kier alpha value is -3.94. The summed E-state index contributed by atoms with van der Waals surface area (Å²) in [4.78, 5) is 41.3. The molecule has 1 amide bonds. The number of rotatable bonds is 7. The molecule has 154 valence electrons. The normalized spacial score (nSPS) is 10.3. The molecule has 0 aliphatic carbocycles. The van der Waals surface area contributed by atoms with Gasteiger partial charge in [0.25, 0.3) is 5.56 Å². The quantitative estimate of drug-likeness (QED) is 0.605. The number of carbonyl (C=O) groups is 2. The molecule has 0 aliphatic heterocycles. The van der Waals surface area contributed by atoms with Crippen molar-refractivity contribution in [3.05, 3.63) is 76.8 Å². The predicted octanol–water partition coefficient (Wildman–Crippen LogP) is 2.73. The number of nitrogens with one attached hydrogen (secondary N) is 1. The number of benzene rings is 2. The summed E-state index contributed by atoms with van der Waals surface area (Å²) in [5, 5.41) is 2.64. The smallest absolute Gasteiger partial charge is 0.340 e. The van der Waals surface area contributed by atoms with Crippen LogP contribution in [0.15, 0.2) is 65.7 Å². The van der Waals surface area contributed by atoms with Gasteiger partial charge in [-0.15, -0.1) is 0 Å². The van der Waals surface area contributed by atoms with E-state index in [1.54, 1.807) is 50.4 Å². The zero-order valence-corrected chi connectivity index (χ0v) is 16.6. The molecule has 30 heavy (non-hydrogen) atoms. The van der Waals surface area contributed by atoms with Crippen LogP contribution < -0.4 is 15.6 Å². The first-order valence-electron chi connectivity index (χ1n) is 9.29. The van der Waals surface area contributed by atoms with Crippen LogP contribution in [-0.2, 0) is 16.1 Å². The fourth-order valence-corrected chi connectivity index (χ4v) is 2.87. The van der Waals surface area contributed by atoms with Crippen molar-refractivity contribution in [2.45, 2.75) is 13.5 Å². The van der Waals surface area contributed by atoms with Crippen molar-refractivity contribution < 1.29 is 19.1 Å². The first-order valence-corrected chi connectivity index (χ1v) is 9.29. The van der Waals surface area contributed by atoms with Gasteiger partial charge in [0, 0.05) is 11.6 Å². The summed E-state index contributed by atoms with van der Waals surface area (Å²) in [6.07, 6.45) is 1.31. The highest BCUT2D eigenvalue weighted by Gasteiger charge is 2.15. The van der Waals surface area contributed by atoms with Crippen molar-refractivity contribution in [2.75, 3.05) is 19.0 Å². The highest BCUT2D eigenvalue weighted by molar-refractivity contribution is 6.01. The fourth-order valence-electron chi connectivity index (χ4n) is 2.87. The van der Waals surface area contributed by atoms with Crippen LogP contribution in [0.3, 0.4) is 0 Å². The molecule has 1 heterocycles. The van der Waals surface area contributed by atoms with Gasteiger partial charge in [0.05, 0.1) is 37.0 Å². The molecule has 8 nitrogen and oxygen atoms in total. The lowest BCUT2D eigenvalue weighted by Crippen LogP contribution is -2.28. The third-order valence-electron chi connectivity index (χ3n) is 4.27. The SMILES string of the molecule is CCOC(=O)c1ccccc1NC(=O)Cn1cnc(-c2ccccc2OC)cc1=O. The van der Waals surface area contributed by atoms with E-state index in [0.29, 0.717) is 22.7 Å². The molecular formula is C22H21N3O5. The van der Waals surface area contributed by atoms with Crippen LogP contribution in [0.1, 0.15) is 17.3 Å². The van der Waals surface area contributed by atoms with E-state index in [2.05, 4.69) is 10.3 Å². The number of para-hydroxylation sites is 2. The number of hydrogen-bond donors (Lipinski definition) is 1. The van der Waals surface area contributed by atoms with Crippen LogP contribution in [0.5, 0.6) is 5.75 Å². The Balaban J connectivity index is 1.77. The molecule has 0 saturated heterocycles. The van der Waals surface area contributed by atoms with Gasteiger partial charge < -0.3 is 14.8 Å². The molecule has 0 fully saturated rings. The fraction of sp³-hybridized carbons (Fsp3) is 0.182. The monoisotopic (exact) mass is 407 g/mol. The number of nitrogens with zero attached hydrogens (tertiary/aromatic N) is 2. The van der Waals surface area contributed by atoms with Crippen LogP contribution in [0.25, 0.3) is 11.3 Å². The van der Waals surface area contributed by atoms with E-state index < -0.39 is 11.9 Å². The summed E-state index contributed by atoms with van der Waals surface area (Å²) >= 11 is 0. The maximum atomic E-state index is 12.5. The number of esters is 1. The van der Waals surface area contributed by atoms with Gasteiger partial charge in [0.1, 0.15) is 12.3 Å². The lowest BCUT2D eigenvalue weighted by Gasteiger charge is -2.12. The molecule has 0 atom stereocenters. The Morgan fingerprint density at radius 2 is 1.83 bits per heavy atom. The highest BCUT2D eigenvalue weighted by atomic mass is 16.5. The number of amides is 1. The lowest BCUT2D eigenvalue weighted by atomic mass is 10.1. The molecule has 1 N–H and O–H groups in total. The standard InChI is InChI=1S/C22H21N3O5/c1-3-30-22(28)16-9-4-6-10-17(16)24-20(26)13-25-14-23-18(12-21(25)27)15-8-5-7-11-19(15)29-2/h4-12,14H,3,13H2,1-2H3,(H,24,26). The number of anilines is 1. The molecule has 0 aliphatic rings. The second-order valence-corrected chi connectivity index (χ2v) is 6.25. The van der Waals surface area contributed by atoms with Gasteiger partial charge in [-0.05, 0) is 31.2 Å². The minimum atomic E-state index is -0.534. The van der Waals surface area contributed by atoms with Crippen molar-refractivity contribution >= 4 is 17.6 Å². The van der Waals surface area contributed by atoms with Crippen LogP contribution in [0.4, 0.5) is 5.69 Å². The Kier molecular flexibility index (Phi) is 6.59.